The van der Waals surface area contributed by atoms with E-state index in [1.165, 1.54) is 0 Å². The van der Waals surface area contributed by atoms with Crippen LogP contribution in [0.3, 0.4) is 0 Å². The van der Waals surface area contributed by atoms with Gasteiger partial charge in [-0.25, -0.2) is 0 Å². The van der Waals surface area contributed by atoms with E-state index in [1.807, 2.05) is 12.1 Å². The van der Waals surface area contributed by atoms with Gasteiger partial charge in [0, 0.05) is 9.93 Å². The Hall–Kier alpha value is -1.22. The molecular weight excluding hydrogens is 202 g/mol. The largest absolute Gasteiger partial charge is 0.364 e. The molecule has 0 aliphatic carbocycles. The first-order chi connectivity index (χ1) is 6.77. The van der Waals surface area contributed by atoms with Crippen molar-refractivity contribution in [1.29, 1.82) is 0 Å². The predicted octanol–water partition coefficient (Wildman–Crippen LogP) is 2.88. The summed E-state index contributed by atoms with van der Waals surface area (Å²) in [4.78, 5) is 2.72. The fourth-order valence-electron chi connectivity index (χ4n) is 1.34. The van der Waals surface area contributed by atoms with Crippen molar-refractivity contribution in [3.05, 3.63) is 45.3 Å². The fraction of sp³-hybridized carbons (Fsp3) is 0.333. The zero-order valence-corrected chi connectivity index (χ0v) is 8.11. The molecule has 0 saturated carbocycles. The van der Waals surface area contributed by atoms with Gasteiger partial charge in [-0.3, -0.25) is 0 Å². The number of ether oxygens (including phenoxy) is 1. The van der Waals surface area contributed by atoms with Crippen molar-refractivity contribution < 1.29 is 4.74 Å². The van der Waals surface area contributed by atoms with Crippen LogP contribution in [0.15, 0.2) is 29.4 Å². The lowest BCUT2D eigenvalue weighted by Gasteiger charge is -2.08. The highest BCUT2D eigenvalue weighted by Gasteiger charge is 2.45. The Morgan fingerprint density at radius 2 is 2.14 bits per heavy atom. The number of hydrogen-bond acceptors (Lipinski definition) is 2. The molecule has 1 aliphatic heterocycles. The smallest absolute Gasteiger partial charge is 0.122 e. The van der Waals surface area contributed by atoms with Crippen molar-refractivity contribution in [2.75, 3.05) is 13.2 Å². The van der Waals surface area contributed by atoms with E-state index >= 15 is 0 Å². The van der Waals surface area contributed by atoms with Crippen LogP contribution in [0.4, 0.5) is 0 Å². The van der Waals surface area contributed by atoms with Gasteiger partial charge in [0.25, 0.3) is 0 Å². The van der Waals surface area contributed by atoms with Crippen LogP contribution in [0.5, 0.6) is 0 Å². The second-order valence-corrected chi connectivity index (χ2v) is 3.62. The average molecular weight is 210 g/mol. The average Bonchev–Trinajstić information content (AvgIpc) is 2.97. The fourth-order valence-corrected chi connectivity index (χ4v) is 1.46. The Labute approximate surface area is 86.1 Å². The predicted molar refractivity (Wildman–Crippen MR) is 53.1 cm³/mol. The van der Waals surface area contributed by atoms with Crippen molar-refractivity contribution in [2.45, 2.75) is 5.60 Å². The van der Waals surface area contributed by atoms with E-state index < -0.39 is 5.60 Å². The maximum atomic E-state index is 8.23. The molecule has 2 rings (SSSR count). The molecule has 4 nitrogen and oxygen atoms in total. The van der Waals surface area contributed by atoms with E-state index in [4.69, 9.17) is 21.9 Å². The zero-order valence-electron chi connectivity index (χ0n) is 7.35. The van der Waals surface area contributed by atoms with E-state index in [1.54, 1.807) is 12.1 Å². The van der Waals surface area contributed by atoms with Crippen LogP contribution in [-0.4, -0.2) is 13.2 Å². The van der Waals surface area contributed by atoms with Crippen LogP contribution in [-0.2, 0) is 10.3 Å². The quantitative estimate of drug-likeness (QED) is 0.327. The summed E-state index contributed by atoms with van der Waals surface area (Å²) in [5.74, 6) is 0. The summed E-state index contributed by atoms with van der Waals surface area (Å²) in [5.41, 5.74) is 8.85. The van der Waals surface area contributed by atoms with E-state index in [2.05, 4.69) is 10.0 Å². The summed E-state index contributed by atoms with van der Waals surface area (Å²) < 4.78 is 5.32. The SMILES string of the molecule is [N-]=[N+]=NC[C@]1(c2ccc(Cl)cc2)CO1. The van der Waals surface area contributed by atoms with Crippen LogP contribution < -0.4 is 0 Å². The first-order valence-corrected chi connectivity index (χ1v) is 4.55. The molecule has 0 amide bonds. The highest BCUT2D eigenvalue weighted by Crippen LogP contribution is 2.39. The van der Waals surface area contributed by atoms with Crippen LogP contribution in [0, 0.1) is 0 Å². The molecule has 0 bridgehead atoms. The normalized spacial score (nSPS) is 24.1. The molecule has 1 aromatic carbocycles. The van der Waals surface area contributed by atoms with E-state index in [-0.39, 0.29) is 0 Å². The van der Waals surface area contributed by atoms with Gasteiger partial charge < -0.3 is 4.74 Å². The Bertz CT molecular complexity index is 380. The molecule has 1 aromatic rings. The molecule has 1 aliphatic rings. The van der Waals surface area contributed by atoms with Gasteiger partial charge in [0.05, 0.1) is 13.2 Å². The van der Waals surface area contributed by atoms with Crippen LogP contribution in [0.2, 0.25) is 5.02 Å². The molecule has 72 valence electrons. The minimum atomic E-state index is -0.392. The van der Waals surface area contributed by atoms with Gasteiger partial charge in [-0.2, -0.15) is 0 Å². The number of benzene rings is 1. The third kappa shape index (κ3) is 1.68. The van der Waals surface area contributed by atoms with E-state index in [0.717, 1.165) is 5.56 Å². The van der Waals surface area contributed by atoms with Crippen LogP contribution in [0.25, 0.3) is 10.4 Å². The summed E-state index contributed by atoms with van der Waals surface area (Å²) in [5, 5.41) is 4.22. The van der Waals surface area contributed by atoms with E-state index in [9.17, 15) is 0 Å². The molecule has 1 heterocycles. The molecule has 1 fully saturated rings. The van der Waals surface area contributed by atoms with Crippen molar-refractivity contribution in [3.63, 3.8) is 0 Å². The first-order valence-electron chi connectivity index (χ1n) is 4.18. The summed E-state index contributed by atoms with van der Waals surface area (Å²) in [6.45, 7) is 0.943. The van der Waals surface area contributed by atoms with Gasteiger partial charge in [0.15, 0.2) is 0 Å². The first kappa shape index (κ1) is 9.34. The summed E-state index contributed by atoms with van der Waals surface area (Å²) in [7, 11) is 0. The van der Waals surface area contributed by atoms with Gasteiger partial charge in [-0.1, -0.05) is 28.8 Å². The van der Waals surface area contributed by atoms with Crippen molar-refractivity contribution in [3.8, 4) is 0 Å². The molecule has 14 heavy (non-hydrogen) atoms. The molecular formula is C9H8ClN3O. The Morgan fingerprint density at radius 3 is 2.64 bits per heavy atom. The number of rotatable bonds is 3. The van der Waals surface area contributed by atoms with Crippen LogP contribution >= 0.6 is 11.6 Å². The van der Waals surface area contributed by atoms with Gasteiger partial charge in [-0.15, -0.1) is 0 Å². The highest BCUT2D eigenvalue weighted by molar-refractivity contribution is 6.30. The van der Waals surface area contributed by atoms with Crippen molar-refractivity contribution in [2.24, 2.45) is 5.11 Å². The van der Waals surface area contributed by atoms with Crippen molar-refractivity contribution >= 4 is 11.6 Å². The minimum Gasteiger partial charge on any atom is -0.364 e. The minimum absolute atomic E-state index is 0.338. The second kappa shape index (κ2) is 3.50. The van der Waals surface area contributed by atoms with Gasteiger partial charge in [0.1, 0.15) is 5.60 Å². The molecule has 0 unspecified atom stereocenters. The van der Waals surface area contributed by atoms with Crippen LogP contribution in [0.1, 0.15) is 5.56 Å². The van der Waals surface area contributed by atoms with Gasteiger partial charge in [-0.05, 0) is 23.2 Å². The summed E-state index contributed by atoms with van der Waals surface area (Å²) in [6, 6.07) is 7.39. The Balaban J connectivity index is 2.21. The Morgan fingerprint density at radius 1 is 1.50 bits per heavy atom. The number of azide groups is 1. The van der Waals surface area contributed by atoms with Crippen molar-refractivity contribution in [1.82, 2.24) is 0 Å². The maximum absolute atomic E-state index is 8.23. The molecule has 0 aromatic heterocycles. The molecule has 1 atom stereocenters. The standard InChI is InChI=1S/C9H8ClN3O/c10-8-3-1-7(2-4-8)9(6-14-9)5-12-13-11/h1-4H,5-6H2/t9-/m1/s1. The monoisotopic (exact) mass is 209 g/mol. The van der Waals surface area contributed by atoms with Gasteiger partial charge in [0.2, 0.25) is 0 Å². The summed E-state index contributed by atoms with van der Waals surface area (Å²) >= 11 is 5.76. The maximum Gasteiger partial charge on any atom is 0.122 e. The number of epoxide rings is 1. The number of nitrogens with zero attached hydrogens (tertiary/aromatic N) is 3. The molecule has 1 saturated heterocycles. The highest BCUT2D eigenvalue weighted by atomic mass is 35.5. The summed E-state index contributed by atoms with van der Waals surface area (Å²) in [6.07, 6.45) is 0. The number of hydrogen-bond donors (Lipinski definition) is 0. The third-order valence-corrected chi connectivity index (χ3v) is 2.50. The van der Waals surface area contributed by atoms with Gasteiger partial charge >= 0.3 is 0 Å². The third-order valence-electron chi connectivity index (χ3n) is 2.25. The lowest BCUT2D eigenvalue weighted by atomic mass is 10.0. The zero-order chi connectivity index (χ0) is 10.0. The number of halogens is 1. The second-order valence-electron chi connectivity index (χ2n) is 3.18. The molecule has 5 heteroatoms. The lowest BCUT2D eigenvalue weighted by molar-refractivity contribution is 0.314. The molecule has 0 N–H and O–H groups in total. The topological polar surface area (TPSA) is 61.3 Å². The Kier molecular flexibility index (Phi) is 2.33. The molecule has 0 spiro atoms. The lowest BCUT2D eigenvalue weighted by Crippen LogP contribution is -2.12. The molecule has 0 radical (unpaired) electrons. The van der Waals surface area contributed by atoms with E-state index in [0.29, 0.717) is 18.2 Å².